The van der Waals surface area contributed by atoms with E-state index in [9.17, 15) is 0 Å². The Bertz CT molecular complexity index is 346. The van der Waals surface area contributed by atoms with Crippen molar-refractivity contribution in [2.75, 3.05) is 25.5 Å². The highest BCUT2D eigenvalue weighted by atomic mass is 79.9. The van der Waals surface area contributed by atoms with Crippen LogP contribution in [0, 0.1) is 5.92 Å². The van der Waals surface area contributed by atoms with Crippen molar-refractivity contribution in [1.82, 2.24) is 4.90 Å². The Morgan fingerprint density at radius 2 is 2.00 bits per heavy atom. The molecule has 3 heteroatoms. The number of anilines is 1. The Kier molecular flexibility index (Phi) is 4.46. The van der Waals surface area contributed by atoms with Gasteiger partial charge >= 0.3 is 0 Å². The molecule has 1 atom stereocenters. The number of rotatable bonds is 6. The first kappa shape index (κ1) is 12.9. The largest absolute Gasteiger partial charge is 0.384 e. The molecule has 1 N–H and O–H groups in total. The number of likely N-dealkylation sites (N-methyl/N-ethyl adjacent to an activating group) is 1. The molecule has 1 saturated carbocycles. The number of halogens is 1. The molecule has 0 spiro atoms. The lowest BCUT2D eigenvalue weighted by atomic mass is 10.2. The summed E-state index contributed by atoms with van der Waals surface area (Å²) in [6.45, 7) is 4.46. The molecule has 0 heterocycles. The molecule has 2 rings (SSSR count). The predicted molar refractivity (Wildman–Crippen MR) is 77.4 cm³/mol. The zero-order valence-corrected chi connectivity index (χ0v) is 12.2. The molecule has 0 bridgehead atoms. The van der Waals surface area contributed by atoms with Gasteiger partial charge < -0.3 is 10.2 Å². The van der Waals surface area contributed by atoms with Crippen molar-refractivity contribution in [2.45, 2.75) is 25.8 Å². The lowest BCUT2D eigenvalue weighted by Gasteiger charge is -2.24. The molecule has 0 radical (unpaired) electrons. The minimum absolute atomic E-state index is 0.738. The number of hydrogen-bond donors (Lipinski definition) is 1. The second kappa shape index (κ2) is 5.87. The molecule has 0 saturated heterocycles. The summed E-state index contributed by atoms with van der Waals surface area (Å²) in [4.78, 5) is 2.46. The molecular formula is C14H21BrN2. The number of hydrogen-bond acceptors (Lipinski definition) is 2. The molecule has 0 aliphatic heterocycles. The first-order valence-electron chi connectivity index (χ1n) is 6.36. The highest BCUT2D eigenvalue weighted by Crippen LogP contribution is 2.34. The van der Waals surface area contributed by atoms with Crippen LogP contribution in [0.2, 0.25) is 0 Å². The Hall–Kier alpha value is -0.540. The van der Waals surface area contributed by atoms with E-state index in [2.05, 4.69) is 64.4 Å². The fourth-order valence-electron chi connectivity index (χ4n) is 2.09. The minimum Gasteiger partial charge on any atom is -0.384 e. The standard InChI is InChI=1S/C14H21BrN2/c1-11(12-3-4-12)17(2)10-9-16-14-7-5-13(15)6-8-14/h5-8,11-12,16H,3-4,9-10H2,1-2H3. The first-order chi connectivity index (χ1) is 8.16. The molecule has 1 aromatic rings. The van der Waals surface area contributed by atoms with Crippen LogP contribution in [-0.4, -0.2) is 31.1 Å². The van der Waals surface area contributed by atoms with Crippen LogP contribution in [-0.2, 0) is 0 Å². The topological polar surface area (TPSA) is 15.3 Å². The fraction of sp³-hybridized carbons (Fsp3) is 0.571. The summed E-state index contributed by atoms with van der Waals surface area (Å²) >= 11 is 3.44. The van der Waals surface area contributed by atoms with Gasteiger partial charge in [0.1, 0.15) is 0 Å². The van der Waals surface area contributed by atoms with Crippen LogP contribution in [0.25, 0.3) is 0 Å². The van der Waals surface area contributed by atoms with Gasteiger partial charge in [0.05, 0.1) is 0 Å². The van der Waals surface area contributed by atoms with Crippen molar-refractivity contribution in [3.05, 3.63) is 28.7 Å². The summed E-state index contributed by atoms with van der Waals surface area (Å²) in [6.07, 6.45) is 2.84. The SMILES string of the molecule is CC(C1CC1)N(C)CCNc1ccc(Br)cc1. The van der Waals surface area contributed by atoms with Crippen LogP contribution in [0.1, 0.15) is 19.8 Å². The van der Waals surface area contributed by atoms with E-state index in [4.69, 9.17) is 0 Å². The lowest BCUT2D eigenvalue weighted by molar-refractivity contribution is 0.243. The van der Waals surface area contributed by atoms with Crippen LogP contribution in [0.3, 0.4) is 0 Å². The van der Waals surface area contributed by atoms with E-state index in [1.807, 2.05) is 0 Å². The molecule has 1 unspecified atom stereocenters. The third-order valence-corrected chi connectivity index (χ3v) is 4.17. The fourth-order valence-corrected chi connectivity index (χ4v) is 2.35. The number of benzene rings is 1. The van der Waals surface area contributed by atoms with Gasteiger partial charge in [0.25, 0.3) is 0 Å². The van der Waals surface area contributed by atoms with Gasteiger partial charge in [0.15, 0.2) is 0 Å². The second-order valence-corrected chi connectivity index (χ2v) is 5.91. The first-order valence-corrected chi connectivity index (χ1v) is 7.16. The summed E-state index contributed by atoms with van der Waals surface area (Å²) < 4.78 is 1.13. The molecule has 1 aliphatic rings. The van der Waals surface area contributed by atoms with Crippen molar-refractivity contribution in [3.63, 3.8) is 0 Å². The van der Waals surface area contributed by atoms with E-state index in [1.165, 1.54) is 18.5 Å². The maximum Gasteiger partial charge on any atom is 0.0341 e. The molecule has 94 valence electrons. The van der Waals surface area contributed by atoms with Crippen LogP contribution >= 0.6 is 15.9 Å². The van der Waals surface area contributed by atoms with E-state index < -0.39 is 0 Å². The predicted octanol–water partition coefficient (Wildman–Crippen LogP) is 3.59. The molecule has 0 aromatic heterocycles. The zero-order chi connectivity index (χ0) is 12.3. The third kappa shape index (κ3) is 4.00. The minimum atomic E-state index is 0.738. The Balaban J connectivity index is 1.69. The maximum atomic E-state index is 3.45. The Labute approximate surface area is 113 Å². The van der Waals surface area contributed by atoms with E-state index in [0.717, 1.165) is 29.5 Å². The molecular weight excluding hydrogens is 276 g/mol. The Morgan fingerprint density at radius 1 is 1.35 bits per heavy atom. The maximum absolute atomic E-state index is 3.45. The molecule has 2 nitrogen and oxygen atoms in total. The van der Waals surface area contributed by atoms with Gasteiger partial charge in [-0.25, -0.2) is 0 Å². The summed E-state index contributed by atoms with van der Waals surface area (Å²) in [6, 6.07) is 9.09. The van der Waals surface area contributed by atoms with Crippen molar-refractivity contribution >= 4 is 21.6 Å². The van der Waals surface area contributed by atoms with Crippen molar-refractivity contribution in [3.8, 4) is 0 Å². The van der Waals surface area contributed by atoms with E-state index in [1.54, 1.807) is 0 Å². The van der Waals surface area contributed by atoms with E-state index >= 15 is 0 Å². The average Bonchev–Trinajstić information content (AvgIpc) is 3.14. The molecule has 1 aromatic carbocycles. The number of nitrogens with one attached hydrogen (secondary N) is 1. The van der Waals surface area contributed by atoms with Gasteiger partial charge in [-0.15, -0.1) is 0 Å². The smallest absolute Gasteiger partial charge is 0.0341 e. The summed E-state index contributed by atoms with van der Waals surface area (Å²) in [7, 11) is 2.23. The number of nitrogens with zero attached hydrogens (tertiary/aromatic N) is 1. The van der Waals surface area contributed by atoms with Gasteiger partial charge in [-0.3, -0.25) is 0 Å². The quantitative estimate of drug-likeness (QED) is 0.863. The van der Waals surface area contributed by atoms with E-state index in [-0.39, 0.29) is 0 Å². The summed E-state index contributed by atoms with van der Waals surface area (Å²) in [5.74, 6) is 0.952. The summed E-state index contributed by atoms with van der Waals surface area (Å²) in [5, 5.41) is 3.45. The van der Waals surface area contributed by atoms with Gasteiger partial charge in [0, 0.05) is 29.3 Å². The Morgan fingerprint density at radius 3 is 2.59 bits per heavy atom. The molecule has 1 fully saturated rings. The van der Waals surface area contributed by atoms with Gasteiger partial charge in [-0.05, 0) is 57.0 Å². The van der Waals surface area contributed by atoms with E-state index in [0.29, 0.717) is 0 Å². The van der Waals surface area contributed by atoms with Crippen LogP contribution in [0.4, 0.5) is 5.69 Å². The monoisotopic (exact) mass is 296 g/mol. The van der Waals surface area contributed by atoms with Gasteiger partial charge in [0.2, 0.25) is 0 Å². The van der Waals surface area contributed by atoms with Crippen LogP contribution in [0.5, 0.6) is 0 Å². The highest BCUT2D eigenvalue weighted by molar-refractivity contribution is 9.10. The van der Waals surface area contributed by atoms with Crippen molar-refractivity contribution < 1.29 is 0 Å². The zero-order valence-electron chi connectivity index (χ0n) is 10.6. The second-order valence-electron chi connectivity index (χ2n) is 4.99. The highest BCUT2D eigenvalue weighted by Gasteiger charge is 2.29. The third-order valence-electron chi connectivity index (χ3n) is 3.64. The lowest BCUT2D eigenvalue weighted by Crippen LogP contribution is -2.34. The van der Waals surface area contributed by atoms with Crippen LogP contribution in [0.15, 0.2) is 28.7 Å². The average molecular weight is 297 g/mol. The molecule has 0 amide bonds. The normalized spacial score (nSPS) is 17.2. The van der Waals surface area contributed by atoms with Crippen molar-refractivity contribution in [1.29, 1.82) is 0 Å². The molecule has 1 aliphatic carbocycles. The summed E-state index contributed by atoms with van der Waals surface area (Å²) in [5.41, 5.74) is 1.20. The van der Waals surface area contributed by atoms with Crippen LogP contribution < -0.4 is 5.32 Å². The molecule has 17 heavy (non-hydrogen) atoms. The van der Waals surface area contributed by atoms with Crippen molar-refractivity contribution in [2.24, 2.45) is 5.92 Å². The van der Waals surface area contributed by atoms with Gasteiger partial charge in [-0.1, -0.05) is 15.9 Å². The van der Waals surface area contributed by atoms with Gasteiger partial charge in [-0.2, -0.15) is 0 Å².